The van der Waals surface area contributed by atoms with Crippen LogP contribution in [0.25, 0.3) is 11.4 Å². The molecule has 0 aliphatic carbocycles. The lowest BCUT2D eigenvalue weighted by molar-refractivity contribution is 0.0378. The summed E-state index contributed by atoms with van der Waals surface area (Å²) in [6.45, 7) is 4.00. The summed E-state index contributed by atoms with van der Waals surface area (Å²) in [6.07, 6.45) is -0.198. The first kappa shape index (κ1) is 21.9. The standard InChI is InChI=1S/C25H23N5O3/c1-17(2)33-25(32)21-8-6-7-20(15-21)23-27-29-30(28-23)16-18-11-13-19(14-12-18)24(31)26-22-9-4-3-5-10-22/h3-15,17H,16H2,1-2H3,(H,26,31). The Morgan fingerprint density at radius 1 is 0.939 bits per heavy atom. The van der Waals surface area contributed by atoms with E-state index in [2.05, 4.69) is 20.7 Å². The van der Waals surface area contributed by atoms with E-state index in [0.29, 0.717) is 29.1 Å². The van der Waals surface area contributed by atoms with Gasteiger partial charge in [-0.15, -0.1) is 10.2 Å². The predicted molar refractivity (Wildman–Crippen MR) is 124 cm³/mol. The van der Waals surface area contributed by atoms with Crippen molar-refractivity contribution in [1.82, 2.24) is 20.2 Å². The van der Waals surface area contributed by atoms with Gasteiger partial charge in [0.1, 0.15) is 0 Å². The zero-order valence-electron chi connectivity index (χ0n) is 18.3. The van der Waals surface area contributed by atoms with Crippen molar-refractivity contribution in [3.05, 3.63) is 95.6 Å². The van der Waals surface area contributed by atoms with Gasteiger partial charge in [-0.2, -0.15) is 4.80 Å². The van der Waals surface area contributed by atoms with Crippen molar-refractivity contribution in [3.63, 3.8) is 0 Å². The van der Waals surface area contributed by atoms with E-state index in [0.717, 1.165) is 11.3 Å². The van der Waals surface area contributed by atoms with Gasteiger partial charge < -0.3 is 10.1 Å². The highest BCUT2D eigenvalue weighted by atomic mass is 16.5. The van der Waals surface area contributed by atoms with Crippen molar-refractivity contribution in [1.29, 1.82) is 0 Å². The second-order valence-electron chi connectivity index (χ2n) is 7.70. The van der Waals surface area contributed by atoms with E-state index in [4.69, 9.17) is 4.74 Å². The van der Waals surface area contributed by atoms with Gasteiger partial charge in [0, 0.05) is 16.8 Å². The van der Waals surface area contributed by atoms with E-state index >= 15 is 0 Å². The highest BCUT2D eigenvalue weighted by Gasteiger charge is 2.13. The lowest BCUT2D eigenvalue weighted by Crippen LogP contribution is -2.12. The molecule has 0 radical (unpaired) electrons. The van der Waals surface area contributed by atoms with Crippen LogP contribution in [-0.4, -0.2) is 38.2 Å². The van der Waals surface area contributed by atoms with E-state index in [1.54, 1.807) is 44.2 Å². The molecule has 33 heavy (non-hydrogen) atoms. The Labute approximate surface area is 191 Å². The van der Waals surface area contributed by atoms with Crippen LogP contribution in [0.1, 0.15) is 40.1 Å². The zero-order chi connectivity index (χ0) is 23.2. The summed E-state index contributed by atoms with van der Waals surface area (Å²) in [5.41, 5.74) is 3.33. The third-order valence-corrected chi connectivity index (χ3v) is 4.72. The van der Waals surface area contributed by atoms with Gasteiger partial charge in [0.2, 0.25) is 5.82 Å². The van der Waals surface area contributed by atoms with E-state index in [9.17, 15) is 9.59 Å². The zero-order valence-corrected chi connectivity index (χ0v) is 18.3. The number of esters is 1. The molecule has 0 saturated heterocycles. The first-order valence-corrected chi connectivity index (χ1v) is 10.5. The minimum absolute atomic E-state index is 0.176. The molecule has 3 aromatic carbocycles. The van der Waals surface area contributed by atoms with Gasteiger partial charge in [-0.3, -0.25) is 4.79 Å². The maximum absolute atomic E-state index is 12.4. The Hall–Kier alpha value is -4.33. The Morgan fingerprint density at radius 3 is 2.42 bits per heavy atom. The molecule has 0 fully saturated rings. The lowest BCUT2D eigenvalue weighted by atomic mass is 10.1. The molecule has 1 heterocycles. The molecule has 4 aromatic rings. The summed E-state index contributed by atoms with van der Waals surface area (Å²) >= 11 is 0. The number of hydrogen-bond acceptors (Lipinski definition) is 6. The second kappa shape index (κ2) is 9.86. The fraction of sp³-hybridized carbons (Fsp3) is 0.160. The van der Waals surface area contributed by atoms with Gasteiger partial charge in [-0.05, 0) is 61.0 Å². The van der Waals surface area contributed by atoms with Crippen molar-refractivity contribution in [2.45, 2.75) is 26.5 Å². The summed E-state index contributed by atoms with van der Waals surface area (Å²) in [4.78, 5) is 26.0. The van der Waals surface area contributed by atoms with Crippen molar-refractivity contribution in [3.8, 4) is 11.4 Å². The summed E-state index contributed by atoms with van der Waals surface area (Å²) in [5.74, 6) is -0.159. The van der Waals surface area contributed by atoms with Crippen LogP contribution in [0.15, 0.2) is 78.9 Å². The van der Waals surface area contributed by atoms with Crippen LogP contribution in [0.2, 0.25) is 0 Å². The molecule has 0 saturated carbocycles. The number of amides is 1. The number of para-hydroxylation sites is 1. The fourth-order valence-electron chi connectivity index (χ4n) is 3.14. The fourth-order valence-corrected chi connectivity index (χ4v) is 3.14. The summed E-state index contributed by atoms with van der Waals surface area (Å²) in [6, 6.07) is 23.5. The largest absolute Gasteiger partial charge is 0.459 e. The lowest BCUT2D eigenvalue weighted by Gasteiger charge is -2.08. The predicted octanol–water partition coefficient (Wildman–Crippen LogP) is 4.21. The Morgan fingerprint density at radius 2 is 1.70 bits per heavy atom. The van der Waals surface area contributed by atoms with Crippen LogP contribution >= 0.6 is 0 Å². The average molecular weight is 441 g/mol. The van der Waals surface area contributed by atoms with Crippen LogP contribution < -0.4 is 5.32 Å². The quantitative estimate of drug-likeness (QED) is 0.432. The minimum Gasteiger partial charge on any atom is -0.459 e. The van der Waals surface area contributed by atoms with Crippen LogP contribution in [0.3, 0.4) is 0 Å². The van der Waals surface area contributed by atoms with Gasteiger partial charge in [-0.25, -0.2) is 4.79 Å². The molecule has 0 unspecified atom stereocenters. The highest BCUT2D eigenvalue weighted by Crippen LogP contribution is 2.17. The summed E-state index contributed by atoms with van der Waals surface area (Å²) in [5, 5.41) is 15.5. The molecule has 0 bridgehead atoms. The van der Waals surface area contributed by atoms with E-state index in [-0.39, 0.29) is 12.0 Å². The Kier molecular flexibility index (Phi) is 6.54. The monoisotopic (exact) mass is 441 g/mol. The van der Waals surface area contributed by atoms with Crippen molar-refractivity contribution in [2.24, 2.45) is 0 Å². The van der Waals surface area contributed by atoms with Crippen LogP contribution in [0.4, 0.5) is 5.69 Å². The van der Waals surface area contributed by atoms with Gasteiger partial charge in [-0.1, -0.05) is 42.5 Å². The van der Waals surface area contributed by atoms with E-state index < -0.39 is 5.97 Å². The molecule has 0 aliphatic heterocycles. The third-order valence-electron chi connectivity index (χ3n) is 4.72. The second-order valence-corrected chi connectivity index (χ2v) is 7.70. The molecule has 0 atom stereocenters. The molecule has 8 nitrogen and oxygen atoms in total. The molecule has 4 rings (SSSR count). The number of hydrogen-bond donors (Lipinski definition) is 1. The number of anilines is 1. The number of rotatable bonds is 7. The number of aromatic nitrogens is 4. The summed E-state index contributed by atoms with van der Waals surface area (Å²) in [7, 11) is 0. The molecule has 1 N–H and O–H groups in total. The molecule has 0 aliphatic rings. The topological polar surface area (TPSA) is 99.0 Å². The molecule has 1 amide bonds. The van der Waals surface area contributed by atoms with Crippen molar-refractivity contribution >= 4 is 17.6 Å². The maximum atomic E-state index is 12.4. The highest BCUT2D eigenvalue weighted by molar-refractivity contribution is 6.04. The average Bonchev–Trinajstić information content (AvgIpc) is 3.28. The SMILES string of the molecule is CC(C)OC(=O)c1cccc(-c2nnn(Cc3ccc(C(=O)Nc4ccccc4)cc3)n2)c1. The smallest absolute Gasteiger partial charge is 0.338 e. The molecule has 0 spiro atoms. The normalized spacial score (nSPS) is 10.8. The summed E-state index contributed by atoms with van der Waals surface area (Å²) < 4.78 is 5.24. The number of carbonyl (C=O) groups excluding carboxylic acids is 2. The van der Waals surface area contributed by atoms with Gasteiger partial charge >= 0.3 is 5.97 Å². The molecule has 1 aromatic heterocycles. The maximum Gasteiger partial charge on any atom is 0.338 e. The van der Waals surface area contributed by atoms with Crippen molar-refractivity contribution < 1.29 is 14.3 Å². The molecular weight excluding hydrogens is 418 g/mol. The van der Waals surface area contributed by atoms with E-state index in [1.165, 1.54) is 4.80 Å². The number of benzene rings is 3. The van der Waals surface area contributed by atoms with Gasteiger partial charge in [0.05, 0.1) is 18.2 Å². The van der Waals surface area contributed by atoms with E-state index in [1.807, 2.05) is 48.5 Å². The number of carbonyl (C=O) groups is 2. The number of nitrogens with zero attached hydrogens (tertiary/aromatic N) is 4. The first-order valence-electron chi connectivity index (χ1n) is 10.5. The van der Waals surface area contributed by atoms with Crippen LogP contribution in [-0.2, 0) is 11.3 Å². The number of nitrogens with one attached hydrogen (secondary N) is 1. The van der Waals surface area contributed by atoms with Crippen LogP contribution in [0.5, 0.6) is 0 Å². The van der Waals surface area contributed by atoms with Crippen molar-refractivity contribution in [2.75, 3.05) is 5.32 Å². The molecular formula is C25H23N5O3. The van der Waals surface area contributed by atoms with Gasteiger partial charge in [0.15, 0.2) is 0 Å². The minimum atomic E-state index is -0.393. The third kappa shape index (κ3) is 5.68. The van der Waals surface area contributed by atoms with Gasteiger partial charge in [0.25, 0.3) is 5.91 Å². The first-order chi connectivity index (χ1) is 16.0. The number of ether oxygens (including phenoxy) is 1. The van der Waals surface area contributed by atoms with Crippen LogP contribution in [0, 0.1) is 0 Å². The number of tetrazole rings is 1. The molecule has 8 heteroatoms. The Balaban J connectivity index is 1.42. The Bertz CT molecular complexity index is 1250. The molecule has 166 valence electrons.